The first-order valence-electron chi connectivity index (χ1n) is 7.17. The second-order valence-electron chi connectivity index (χ2n) is 5.28. The van der Waals surface area contributed by atoms with Crippen LogP contribution in [0.5, 0.6) is 5.75 Å². The van der Waals surface area contributed by atoms with Crippen molar-refractivity contribution in [3.63, 3.8) is 0 Å². The molecule has 2 aromatic heterocycles. The van der Waals surface area contributed by atoms with Crippen LogP contribution in [0.15, 0.2) is 48.9 Å². The Bertz CT molecular complexity index is 1080. The first-order valence-corrected chi connectivity index (χ1v) is 7.55. The average molecular weight is 359 g/mol. The van der Waals surface area contributed by atoms with E-state index in [1.54, 1.807) is 24.3 Å². The molecule has 5 nitrogen and oxygen atoms in total. The number of fused-ring (bicyclic) bond motifs is 1. The van der Waals surface area contributed by atoms with Crippen molar-refractivity contribution in [3.8, 4) is 22.8 Å². The number of aromatic nitrogens is 4. The predicted molar refractivity (Wildman–Crippen MR) is 88.7 cm³/mol. The number of aromatic hydroxyl groups is 1. The lowest BCUT2D eigenvalue weighted by molar-refractivity contribution is 0.399. The zero-order chi connectivity index (χ0) is 17.6. The second-order valence-corrected chi connectivity index (χ2v) is 5.72. The van der Waals surface area contributed by atoms with Crippen LogP contribution in [-0.4, -0.2) is 24.9 Å². The van der Waals surface area contributed by atoms with E-state index < -0.39 is 17.4 Å². The number of hydrogen-bond acceptors (Lipinski definition) is 4. The minimum Gasteiger partial charge on any atom is -0.503 e. The van der Waals surface area contributed by atoms with Crippen molar-refractivity contribution in [2.45, 2.75) is 0 Å². The van der Waals surface area contributed by atoms with Crippen LogP contribution < -0.4 is 0 Å². The lowest BCUT2D eigenvalue weighted by Crippen LogP contribution is -2.02. The van der Waals surface area contributed by atoms with Crippen LogP contribution in [0.2, 0.25) is 5.02 Å². The van der Waals surface area contributed by atoms with Crippen LogP contribution in [0.1, 0.15) is 0 Å². The molecule has 0 saturated heterocycles. The number of phenolic OH excluding ortho intramolecular Hbond substituents is 1. The maximum atomic E-state index is 14.2. The van der Waals surface area contributed by atoms with Gasteiger partial charge in [0, 0.05) is 16.0 Å². The number of phenols is 1. The fourth-order valence-electron chi connectivity index (χ4n) is 2.48. The summed E-state index contributed by atoms with van der Waals surface area (Å²) in [4.78, 5) is 8.51. The van der Waals surface area contributed by atoms with Crippen LogP contribution in [0, 0.1) is 11.6 Å². The molecular weight excluding hydrogens is 350 g/mol. The molecule has 0 aliphatic carbocycles. The van der Waals surface area contributed by atoms with Crippen molar-refractivity contribution in [2.24, 2.45) is 0 Å². The number of halogens is 3. The molecule has 2 heterocycles. The molecule has 4 aromatic rings. The molecule has 4 rings (SSSR count). The van der Waals surface area contributed by atoms with Crippen molar-refractivity contribution in [1.82, 2.24) is 19.7 Å². The monoisotopic (exact) mass is 358 g/mol. The Morgan fingerprint density at radius 1 is 1.00 bits per heavy atom. The molecule has 8 heteroatoms. The molecular formula is C17H9ClF2N4O. The molecule has 0 aliphatic heterocycles. The fourth-order valence-corrected chi connectivity index (χ4v) is 2.61. The van der Waals surface area contributed by atoms with Crippen molar-refractivity contribution in [3.05, 3.63) is 65.6 Å². The van der Waals surface area contributed by atoms with E-state index >= 15 is 0 Å². The van der Waals surface area contributed by atoms with E-state index in [1.165, 1.54) is 18.6 Å². The summed E-state index contributed by atoms with van der Waals surface area (Å²) < 4.78 is 28.8. The predicted octanol–water partition coefficient (Wildman–Crippen LogP) is 4.12. The Morgan fingerprint density at radius 2 is 1.76 bits per heavy atom. The molecule has 25 heavy (non-hydrogen) atoms. The summed E-state index contributed by atoms with van der Waals surface area (Å²) in [7, 11) is 0. The number of rotatable bonds is 2. The van der Waals surface area contributed by atoms with Gasteiger partial charge in [0.1, 0.15) is 5.52 Å². The maximum Gasteiger partial charge on any atom is 0.194 e. The van der Waals surface area contributed by atoms with Crippen molar-refractivity contribution >= 4 is 22.5 Å². The molecule has 124 valence electrons. The Balaban J connectivity index is 1.79. The highest BCUT2D eigenvalue weighted by Gasteiger charge is 2.18. The largest absolute Gasteiger partial charge is 0.503 e. The summed E-state index contributed by atoms with van der Waals surface area (Å²) in [5.41, 5.74) is 1.35. The first kappa shape index (κ1) is 15.5. The Labute approximate surface area is 145 Å². The van der Waals surface area contributed by atoms with Gasteiger partial charge in [0.15, 0.2) is 23.2 Å². The van der Waals surface area contributed by atoms with Crippen LogP contribution in [-0.2, 0) is 0 Å². The summed E-state index contributed by atoms with van der Waals surface area (Å²) in [6.45, 7) is 0. The van der Waals surface area contributed by atoms with E-state index in [4.69, 9.17) is 11.6 Å². The lowest BCUT2D eigenvalue weighted by atomic mass is 10.2. The zero-order valence-electron chi connectivity index (χ0n) is 12.5. The fraction of sp³-hybridized carbons (Fsp3) is 0. The van der Waals surface area contributed by atoms with E-state index in [0.29, 0.717) is 10.7 Å². The van der Waals surface area contributed by atoms with E-state index in [0.717, 1.165) is 16.3 Å². The zero-order valence-corrected chi connectivity index (χ0v) is 13.2. The van der Waals surface area contributed by atoms with Gasteiger partial charge >= 0.3 is 0 Å². The number of nitrogens with zero attached hydrogens (tertiary/aromatic N) is 4. The Hall–Kier alpha value is -3.06. The van der Waals surface area contributed by atoms with E-state index in [2.05, 4.69) is 15.1 Å². The van der Waals surface area contributed by atoms with E-state index in [-0.39, 0.29) is 16.7 Å². The van der Waals surface area contributed by atoms with Gasteiger partial charge in [0.05, 0.1) is 24.3 Å². The normalized spacial score (nSPS) is 11.2. The van der Waals surface area contributed by atoms with Gasteiger partial charge in [-0.15, -0.1) is 0 Å². The molecule has 0 aliphatic rings. The van der Waals surface area contributed by atoms with Crippen molar-refractivity contribution < 1.29 is 13.9 Å². The molecule has 0 saturated carbocycles. The molecule has 0 fully saturated rings. The van der Waals surface area contributed by atoms with Gasteiger partial charge in [-0.2, -0.15) is 5.10 Å². The SMILES string of the molecule is Oc1c(F)cc2cnn(-c3cnc(-c4ccc(Cl)cc4)cn3)c2c1F. The number of hydrogen-bond donors (Lipinski definition) is 1. The molecule has 0 unspecified atom stereocenters. The molecule has 0 atom stereocenters. The number of benzene rings is 2. The van der Waals surface area contributed by atoms with Crippen molar-refractivity contribution in [2.75, 3.05) is 0 Å². The second kappa shape index (κ2) is 5.78. The third kappa shape index (κ3) is 2.58. The third-order valence-electron chi connectivity index (χ3n) is 3.72. The Kier molecular flexibility index (Phi) is 3.58. The topological polar surface area (TPSA) is 63.8 Å². The quantitative estimate of drug-likeness (QED) is 0.585. The van der Waals surface area contributed by atoms with Crippen LogP contribution in [0.25, 0.3) is 28.0 Å². The van der Waals surface area contributed by atoms with Crippen LogP contribution >= 0.6 is 11.6 Å². The first-order chi connectivity index (χ1) is 12.0. The summed E-state index contributed by atoms with van der Waals surface area (Å²) in [5, 5.41) is 14.3. The van der Waals surface area contributed by atoms with Crippen molar-refractivity contribution in [1.29, 1.82) is 0 Å². The molecule has 0 radical (unpaired) electrons. The van der Waals surface area contributed by atoms with Crippen LogP contribution in [0.4, 0.5) is 8.78 Å². The van der Waals surface area contributed by atoms with Crippen LogP contribution in [0.3, 0.4) is 0 Å². The highest BCUT2D eigenvalue weighted by molar-refractivity contribution is 6.30. The van der Waals surface area contributed by atoms with Gasteiger partial charge in [-0.05, 0) is 18.2 Å². The van der Waals surface area contributed by atoms with Gasteiger partial charge in [-0.3, -0.25) is 4.98 Å². The summed E-state index contributed by atoms with van der Waals surface area (Å²) >= 11 is 5.86. The summed E-state index contributed by atoms with van der Waals surface area (Å²) in [5.74, 6) is -2.97. The smallest absolute Gasteiger partial charge is 0.194 e. The summed E-state index contributed by atoms with van der Waals surface area (Å²) in [6.07, 6.45) is 4.21. The van der Waals surface area contributed by atoms with Gasteiger partial charge in [0.25, 0.3) is 0 Å². The third-order valence-corrected chi connectivity index (χ3v) is 3.97. The molecule has 0 amide bonds. The van der Waals surface area contributed by atoms with E-state index in [1.807, 2.05) is 0 Å². The molecule has 1 N–H and O–H groups in total. The highest BCUT2D eigenvalue weighted by Crippen LogP contribution is 2.29. The molecule has 0 spiro atoms. The standard InChI is InChI=1S/C17H9ClF2N4O/c18-11-3-1-9(2-4-11)13-7-22-14(8-21-13)24-16-10(6-23-24)5-12(19)17(25)15(16)20/h1-8,25H. The lowest BCUT2D eigenvalue weighted by Gasteiger charge is -2.06. The minimum atomic E-state index is -1.10. The van der Waals surface area contributed by atoms with Gasteiger partial charge in [-0.25, -0.2) is 18.4 Å². The minimum absolute atomic E-state index is 0.0764. The van der Waals surface area contributed by atoms with Gasteiger partial charge in [0.2, 0.25) is 0 Å². The molecule has 0 bridgehead atoms. The summed E-state index contributed by atoms with van der Waals surface area (Å²) in [6, 6.07) is 8.08. The highest BCUT2D eigenvalue weighted by atomic mass is 35.5. The van der Waals surface area contributed by atoms with E-state index in [9.17, 15) is 13.9 Å². The van der Waals surface area contributed by atoms with Gasteiger partial charge < -0.3 is 5.11 Å². The molecule has 2 aromatic carbocycles. The maximum absolute atomic E-state index is 14.2. The average Bonchev–Trinajstić information content (AvgIpc) is 3.04. The Morgan fingerprint density at radius 3 is 2.44 bits per heavy atom. The van der Waals surface area contributed by atoms with Gasteiger partial charge in [-0.1, -0.05) is 23.7 Å².